The summed E-state index contributed by atoms with van der Waals surface area (Å²) in [5, 5.41) is 0. The van der Waals surface area contributed by atoms with Crippen LogP contribution in [0.5, 0.6) is 11.5 Å². The van der Waals surface area contributed by atoms with Gasteiger partial charge in [-0.15, -0.1) is 0 Å². The zero-order chi connectivity index (χ0) is 20.5. The fourth-order valence-electron chi connectivity index (χ4n) is 3.72. The maximum absolute atomic E-state index is 14.1. The number of aromatic nitrogens is 2. The number of ether oxygens (including phenoxy) is 2. The van der Waals surface area contributed by atoms with E-state index in [0.29, 0.717) is 54.3 Å². The van der Waals surface area contributed by atoms with Crippen LogP contribution in [-0.2, 0) is 13.0 Å². The van der Waals surface area contributed by atoms with Crippen molar-refractivity contribution in [2.24, 2.45) is 0 Å². The second kappa shape index (κ2) is 7.87. The van der Waals surface area contributed by atoms with Crippen LogP contribution >= 0.6 is 12.2 Å². The van der Waals surface area contributed by atoms with Gasteiger partial charge in [0, 0.05) is 13.1 Å². The number of benzene rings is 2. The van der Waals surface area contributed by atoms with Crippen LogP contribution in [0.2, 0.25) is 0 Å². The summed E-state index contributed by atoms with van der Waals surface area (Å²) < 4.78 is 25.8. The molecule has 0 atom stereocenters. The van der Waals surface area contributed by atoms with Crippen LogP contribution in [-0.4, -0.2) is 40.5 Å². The van der Waals surface area contributed by atoms with Crippen molar-refractivity contribution in [1.29, 1.82) is 0 Å². The number of carbonyl (C=O) groups excluding carboxylic acids is 1. The number of hydrogen-bond donors (Lipinski definition) is 2. The minimum absolute atomic E-state index is 0.239. The lowest BCUT2D eigenvalue weighted by molar-refractivity contribution is 0.0735. The van der Waals surface area contributed by atoms with Crippen LogP contribution in [0.25, 0.3) is 11.0 Å². The van der Waals surface area contributed by atoms with E-state index in [1.807, 2.05) is 26.0 Å². The van der Waals surface area contributed by atoms with Crippen LogP contribution in [0, 0.1) is 10.6 Å². The molecule has 0 radical (unpaired) electrons. The molecular formula is C21H22FN3O3S. The Kier molecular flexibility index (Phi) is 5.27. The first-order valence-electron chi connectivity index (χ1n) is 9.62. The number of rotatable bonds is 5. The Hall–Kier alpha value is -2.87. The number of nitrogens with zero attached hydrogens (tertiary/aromatic N) is 1. The maximum atomic E-state index is 14.1. The van der Waals surface area contributed by atoms with Gasteiger partial charge in [0.15, 0.2) is 16.3 Å². The zero-order valence-electron chi connectivity index (χ0n) is 16.3. The van der Waals surface area contributed by atoms with E-state index in [2.05, 4.69) is 9.97 Å². The monoisotopic (exact) mass is 415 g/mol. The highest BCUT2D eigenvalue weighted by molar-refractivity contribution is 7.71. The Balaban J connectivity index is 1.67. The quantitative estimate of drug-likeness (QED) is 0.608. The van der Waals surface area contributed by atoms with Gasteiger partial charge < -0.3 is 24.3 Å². The lowest BCUT2D eigenvalue weighted by Gasteiger charge is -2.30. The average Bonchev–Trinajstić information content (AvgIpc) is 3.07. The highest BCUT2D eigenvalue weighted by Gasteiger charge is 2.26. The molecule has 1 aromatic heterocycles. The lowest BCUT2D eigenvalue weighted by atomic mass is 9.98. The summed E-state index contributed by atoms with van der Waals surface area (Å²) in [4.78, 5) is 20.7. The predicted molar refractivity (Wildman–Crippen MR) is 111 cm³/mol. The van der Waals surface area contributed by atoms with Crippen LogP contribution in [0.3, 0.4) is 0 Å². The molecule has 0 saturated carbocycles. The van der Waals surface area contributed by atoms with Crippen LogP contribution < -0.4 is 9.47 Å². The number of fused-ring (bicyclic) bond motifs is 2. The Morgan fingerprint density at radius 2 is 1.79 bits per heavy atom. The molecule has 0 aliphatic carbocycles. The highest BCUT2D eigenvalue weighted by atomic mass is 32.1. The topological polar surface area (TPSA) is 70.3 Å². The smallest absolute Gasteiger partial charge is 0.256 e. The van der Waals surface area contributed by atoms with Crippen molar-refractivity contribution in [2.75, 3.05) is 19.8 Å². The summed E-state index contributed by atoms with van der Waals surface area (Å²) in [6, 6.07) is 6.51. The maximum Gasteiger partial charge on any atom is 0.256 e. The molecule has 2 N–H and O–H groups in total. The molecule has 2 heterocycles. The molecule has 0 unspecified atom stereocenters. The van der Waals surface area contributed by atoms with Crippen LogP contribution in [0.4, 0.5) is 4.39 Å². The van der Waals surface area contributed by atoms with Gasteiger partial charge in [-0.25, -0.2) is 4.39 Å². The van der Waals surface area contributed by atoms with E-state index in [4.69, 9.17) is 21.7 Å². The molecule has 0 bridgehead atoms. The van der Waals surface area contributed by atoms with Crippen molar-refractivity contribution in [3.63, 3.8) is 0 Å². The van der Waals surface area contributed by atoms with E-state index in [1.165, 1.54) is 12.1 Å². The molecule has 152 valence electrons. The standard InChI is InChI=1S/C21H22FN3O3S/c1-3-27-17-7-12-5-6-25(11-13(12)8-18(17)28-4-2)20(26)15-9-14(22)10-16-19(15)24-21(29)23-16/h7-10H,3-6,11H2,1-2H3,(H2,23,24,29). The molecule has 1 amide bonds. The first-order chi connectivity index (χ1) is 14.0. The molecule has 0 fully saturated rings. The van der Waals surface area contributed by atoms with Crippen molar-refractivity contribution in [1.82, 2.24) is 14.9 Å². The number of halogens is 1. The van der Waals surface area contributed by atoms with Crippen LogP contribution in [0.1, 0.15) is 35.3 Å². The molecule has 8 heteroatoms. The minimum Gasteiger partial charge on any atom is -0.490 e. The molecule has 4 rings (SSSR count). The van der Waals surface area contributed by atoms with Gasteiger partial charge in [-0.1, -0.05) is 0 Å². The molecule has 29 heavy (non-hydrogen) atoms. The van der Waals surface area contributed by atoms with E-state index in [9.17, 15) is 9.18 Å². The molecule has 6 nitrogen and oxygen atoms in total. The number of amides is 1. The first kappa shape index (κ1) is 19.4. The van der Waals surface area contributed by atoms with Crippen molar-refractivity contribution >= 4 is 29.2 Å². The second-order valence-electron chi connectivity index (χ2n) is 6.87. The number of hydrogen-bond acceptors (Lipinski definition) is 4. The Morgan fingerprint density at radius 3 is 2.48 bits per heavy atom. The normalized spacial score (nSPS) is 13.4. The number of aromatic amines is 2. The van der Waals surface area contributed by atoms with Gasteiger partial charge in [-0.05, 0) is 67.9 Å². The number of H-pyrrole nitrogens is 2. The summed E-state index contributed by atoms with van der Waals surface area (Å²) in [6.45, 7) is 5.88. The third-order valence-corrected chi connectivity index (χ3v) is 5.19. The van der Waals surface area contributed by atoms with E-state index < -0.39 is 5.82 Å². The molecule has 1 aliphatic rings. The number of carbonyl (C=O) groups is 1. The summed E-state index contributed by atoms with van der Waals surface area (Å²) in [7, 11) is 0. The third kappa shape index (κ3) is 3.72. The van der Waals surface area contributed by atoms with E-state index in [0.717, 1.165) is 16.9 Å². The molecule has 0 saturated heterocycles. The summed E-state index contributed by atoms with van der Waals surface area (Å²) >= 11 is 5.10. The van der Waals surface area contributed by atoms with Crippen molar-refractivity contribution in [3.05, 3.63) is 51.5 Å². The van der Waals surface area contributed by atoms with Gasteiger partial charge in [0.05, 0.1) is 29.8 Å². The summed E-state index contributed by atoms with van der Waals surface area (Å²) in [5.74, 6) is 0.672. The van der Waals surface area contributed by atoms with Gasteiger partial charge in [0.25, 0.3) is 5.91 Å². The predicted octanol–water partition coefficient (Wildman–Crippen LogP) is 4.36. The lowest BCUT2D eigenvalue weighted by Crippen LogP contribution is -2.36. The Morgan fingerprint density at radius 1 is 1.10 bits per heavy atom. The largest absolute Gasteiger partial charge is 0.490 e. The Labute approximate surface area is 172 Å². The SMILES string of the molecule is CCOc1cc2c(cc1OCC)CN(C(=O)c1cc(F)cc3[nH]c(=S)[nH]c13)CC2. The number of nitrogens with one attached hydrogen (secondary N) is 2. The van der Waals surface area contributed by atoms with E-state index >= 15 is 0 Å². The second-order valence-corrected chi connectivity index (χ2v) is 7.27. The molecular weight excluding hydrogens is 393 g/mol. The van der Waals surface area contributed by atoms with Gasteiger partial charge in [0.2, 0.25) is 0 Å². The highest BCUT2D eigenvalue weighted by Crippen LogP contribution is 2.34. The van der Waals surface area contributed by atoms with Gasteiger partial charge in [-0.3, -0.25) is 4.79 Å². The van der Waals surface area contributed by atoms with Crippen molar-refractivity contribution in [3.8, 4) is 11.5 Å². The summed E-state index contributed by atoms with van der Waals surface area (Å²) in [5.41, 5.74) is 3.41. The van der Waals surface area contributed by atoms with Gasteiger partial charge >= 0.3 is 0 Å². The third-order valence-electron chi connectivity index (χ3n) is 4.99. The fourth-order valence-corrected chi connectivity index (χ4v) is 3.93. The zero-order valence-corrected chi connectivity index (χ0v) is 17.1. The fraction of sp³-hybridized carbons (Fsp3) is 0.333. The molecule has 0 spiro atoms. The van der Waals surface area contributed by atoms with Crippen molar-refractivity contribution < 1.29 is 18.7 Å². The van der Waals surface area contributed by atoms with Crippen LogP contribution in [0.15, 0.2) is 24.3 Å². The van der Waals surface area contributed by atoms with Crippen molar-refractivity contribution in [2.45, 2.75) is 26.8 Å². The molecule has 1 aliphatic heterocycles. The number of imidazole rings is 1. The van der Waals surface area contributed by atoms with E-state index in [1.54, 1.807) is 4.90 Å². The Bertz CT molecular complexity index is 1140. The summed E-state index contributed by atoms with van der Waals surface area (Å²) in [6.07, 6.45) is 0.690. The molecule has 3 aromatic rings. The molecule has 2 aromatic carbocycles. The van der Waals surface area contributed by atoms with Gasteiger partial charge in [-0.2, -0.15) is 0 Å². The first-order valence-corrected chi connectivity index (χ1v) is 10.0. The van der Waals surface area contributed by atoms with E-state index in [-0.39, 0.29) is 11.5 Å². The minimum atomic E-state index is -0.483. The average molecular weight is 415 g/mol. The van der Waals surface area contributed by atoms with Gasteiger partial charge in [0.1, 0.15) is 5.82 Å².